The summed E-state index contributed by atoms with van der Waals surface area (Å²) in [6.45, 7) is 2.01. The van der Waals surface area contributed by atoms with Crippen LogP contribution in [0.15, 0.2) is 78.5 Å². The van der Waals surface area contributed by atoms with E-state index < -0.39 is 28.4 Å². The number of carbonyl (C=O) groups is 2. The molecule has 8 nitrogen and oxygen atoms in total. The molecule has 1 aliphatic heterocycles. The number of amides is 1. The van der Waals surface area contributed by atoms with Crippen LogP contribution < -0.4 is 4.90 Å². The van der Waals surface area contributed by atoms with Crippen molar-refractivity contribution in [2.75, 3.05) is 4.90 Å². The third-order valence-electron chi connectivity index (χ3n) is 5.39. The minimum absolute atomic E-state index is 0.123. The maximum absolute atomic E-state index is 13.0. The highest BCUT2D eigenvalue weighted by Crippen LogP contribution is 2.41. The van der Waals surface area contributed by atoms with Gasteiger partial charge in [0.15, 0.2) is 0 Å². The van der Waals surface area contributed by atoms with Crippen molar-refractivity contribution < 1.29 is 19.6 Å². The van der Waals surface area contributed by atoms with E-state index in [1.807, 2.05) is 19.1 Å². The maximum Gasteiger partial charge on any atom is 0.300 e. The number of Topliss-reactive ketones (excluding diaryl/α,β-unsaturated/α-hetero) is 1. The van der Waals surface area contributed by atoms with E-state index in [9.17, 15) is 24.8 Å². The molecule has 1 N–H and O–H groups in total. The van der Waals surface area contributed by atoms with Crippen molar-refractivity contribution in [2.24, 2.45) is 0 Å². The molecule has 1 aliphatic rings. The molecule has 4 rings (SSSR count). The lowest BCUT2D eigenvalue weighted by Crippen LogP contribution is -2.29. The van der Waals surface area contributed by atoms with Crippen molar-refractivity contribution in [1.82, 2.24) is 4.98 Å². The number of hydrogen-bond acceptors (Lipinski definition) is 6. The standard InChI is InChI=1S/C24H19N3O5/c1-2-15-6-10-17(11-7-15)26-21(19-5-3-4-14-25-19)20(23(29)24(26)30)22(28)16-8-12-18(13-9-16)27(31)32/h3-14,21,28H,2H2,1H3/b22-20-. The zero-order chi connectivity index (χ0) is 22.8. The number of hydrogen-bond donors (Lipinski definition) is 1. The Morgan fingerprint density at radius 1 is 1.06 bits per heavy atom. The monoisotopic (exact) mass is 429 g/mol. The van der Waals surface area contributed by atoms with Crippen molar-refractivity contribution in [2.45, 2.75) is 19.4 Å². The quantitative estimate of drug-likeness (QED) is 0.214. The summed E-state index contributed by atoms with van der Waals surface area (Å²) in [6, 6.07) is 16.6. The van der Waals surface area contributed by atoms with Crippen molar-refractivity contribution in [3.05, 3.63) is 105 Å². The van der Waals surface area contributed by atoms with E-state index in [1.54, 1.807) is 36.5 Å². The highest BCUT2D eigenvalue weighted by Gasteiger charge is 2.47. The van der Waals surface area contributed by atoms with E-state index in [0.29, 0.717) is 11.4 Å². The number of aliphatic hydroxyl groups is 1. The van der Waals surface area contributed by atoms with Crippen molar-refractivity contribution in [3.63, 3.8) is 0 Å². The molecule has 3 aromatic rings. The summed E-state index contributed by atoms with van der Waals surface area (Å²) in [7, 11) is 0. The Balaban J connectivity index is 1.88. The predicted molar refractivity (Wildman–Crippen MR) is 118 cm³/mol. The van der Waals surface area contributed by atoms with Crippen LogP contribution in [0.4, 0.5) is 11.4 Å². The SMILES string of the molecule is CCc1ccc(N2C(=O)C(=O)/C(=C(\O)c3ccc([N+](=O)[O-])cc3)C2c2ccccn2)cc1. The Labute approximate surface area is 183 Å². The number of pyridine rings is 1. The van der Waals surface area contributed by atoms with Crippen LogP contribution in [0.25, 0.3) is 5.76 Å². The fourth-order valence-corrected chi connectivity index (χ4v) is 3.71. The third kappa shape index (κ3) is 3.62. The first-order valence-electron chi connectivity index (χ1n) is 9.98. The molecule has 1 fully saturated rings. The Bertz CT molecular complexity index is 1220. The second kappa shape index (κ2) is 8.43. The smallest absolute Gasteiger partial charge is 0.300 e. The van der Waals surface area contributed by atoms with Gasteiger partial charge < -0.3 is 5.11 Å². The van der Waals surface area contributed by atoms with Gasteiger partial charge in [0.1, 0.15) is 11.8 Å². The molecule has 0 bridgehead atoms. The predicted octanol–water partition coefficient (Wildman–Crippen LogP) is 4.18. The largest absolute Gasteiger partial charge is 0.507 e. The van der Waals surface area contributed by atoms with Gasteiger partial charge in [0.05, 0.1) is 16.2 Å². The summed E-state index contributed by atoms with van der Waals surface area (Å²) < 4.78 is 0. The number of nitrogens with zero attached hydrogens (tertiary/aromatic N) is 3. The van der Waals surface area contributed by atoms with Crippen LogP contribution in [0.3, 0.4) is 0 Å². The topological polar surface area (TPSA) is 114 Å². The molecule has 1 saturated heterocycles. The Hall–Kier alpha value is -4.33. The van der Waals surface area contributed by atoms with Crippen LogP contribution in [0.5, 0.6) is 0 Å². The van der Waals surface area contributed by atoms with Gasteiger partial charge in [-0.25, -0.2) is 0 Å². The summed E-state index contributed by atoms with van der Waals surface area (Å²) in [5.41, 5.74) is 1.90. The summed E-state index contributed by atoms with van der Waals surface area (Å²) in [4.78, 5) is 42.1. The van der Waals surface area contributed by atoms with Crippen molar-refractivity contribution in [1.29, 1.82) is 0 Å². The minimum Gasteiger partial charge on any atom is -0.507 e. The summed E-state index contributed by atoms with van der Waals surface area (Å²) in [5, 5.41) is 21.9. The molecule has 8 heteroatoms. The molecule has 32 heavy (non-hydrogen) atoms. The van der Waals surface area contributed by atoms with Crippen LogP contribution in [-0.4, -0.2) is 26.7 Å². The zero-order valence-corrected chi connectivity index (χ0v) is 17.1. The number of non-ortho nitro benzene ring substituents is 1. The molecular formula is C24H19N3O5. The van der Waals surface area contributed by atoms with E-state index in [-0.39, 0.29) is 16.8 Å². The Morgan fingerprint density at radius 3 is 2.31 bits per heavy atom. The Morgan fingerprint density at radius 2 is 1.75 bits per heavy atom. The van der Waals surface area contributed by atoms with Gasteiger partial charge in [-0.15, -0.1) is 0 Å². The van der Waals surface area contributed by atoms with Gasteiger partial charge >= 0.3 is 0 Å². The van der Waals surface area contributed by atoms with Gasteiger partial charge in [-0.1, -0.05) is 25.1 Å². The number of aliphatic hydroxyl groups excluding tert-OH is 1. The molecule has 1 amide bonds. The fourth-order valence-electron chi connectivity index (χ4n) is 3.71. The van der Waals surface area contributed by atoms with Gasteiger partial charge in [-0.2, -0.15) is 0 Å². The van der Waals surface area contributed by atoms with Crippen LogP contribution in [0, 0.1) is 10.1 Å². The number of carbonyl (C=O) groups excluding carboxylic acids is 2. The first-order chi connectivity index (χ1) is 15.4. The van der Waals surface area contributed by atoms with E-state index >= 15 is 0 Å². The van der Waals surface area contributed by atoms with E-state index in [0.717, 1.165) is 12.0 Å². The van der Waals surface area contributed by atoms with Crippen LogP contribution >= 0.6 is 0 Å². The second-order valence-electron chi connectivity index (χ2n) is 7.25. The molecule has 1 atom stereocenters. The first-order valence-corrected chi connectivity index (χ1v) is 9.98. The number of nitro groups is 1. The van der Waals surface area contributed by atoms with E-state index in [2.05, 4.69) is 4.98 Å². The third-order valence-corrected chi connectivity index (χ3v) is 5.39. The number of ketones is 1. The highest BCUT2D eigenvalue weighted by molar-refractivity contribution is 6.51. The molecule has 1 unspecified atom stereocenters. The number of rotatable bonds is 5. The molecule has 0 saturated carbocycles. The zero-order valence-electron chi connectivity index (χ0n) is 17.1. The fraction of sp³-hybridized carbons (Fsp3) is 0.125. The normalized spacial score (nSPS) is 17.5. The number of aryl methyl sites for hydroxylation is 1. The van der Waals surface area contributed by atoms with Crippen LogP contribution in [0.2, 0.25) is 0 Å². The highest BCUT2D eigenvalue weighted by atomic mass is 16.6. The molecule has 1 aromatic heterocycles. The lowest BCUT2D eigenvalue weighted by molar-refractivity contribution is -0.384. The lowest BCUT2D eigenvalue weighted by atomic mass is 9.98. The molecule has 0 radical (unpaired) electrons. The first kappa shape index (κ1) is 20.9. The molecule has 2 aromatic carbocycles. The van der Waals surface area contributed by atoms with Crippen LogP contribution in [0.1, 0.15) is 29.8 Å². The summed E-state index contributed by atoms with van der Waals surface area (Å²) in [6.07, 6.45) is 2.37. The Kier molecular flexibility index (Phi) is 5.51. The van der Waals surface area contributed by atoms with Gasteiger partial charge in [0.25, 0.3) is 17.4 Å². The molecular weight excluding hydrogens is 410 g/mol. The van der Waals surface area contributed by atoms with Crippen molar-refractivity contribution in [3.8, 4) is 0 Å². The lowest BCUT2D eigenvalue weighted by Gasteiger charge is -2.24. The number of aromatic nitrogens is 1. The average Bonchev–Trinajstić information content (AvgIpc) is 3.09. The molecule has 0 spiro atoms. The molecule has 0 aliphatic carbocycles. The van der Waals surface area contributed by atoms with Crippen molar-refractivity contribution >= 4 is 28.8 Å². The van der Waals surface area contributed by atoms with E-state index in [1.165, 1.54) is 29.2 Å². The summed E-state index contributed by atoms with van der Waals surface area (Å²) in [5.74, 6) is -2.05. The van der Waals surface area contributed by atoms with Gasteiger partial charge in [0.2, 0.25) is 0 Å². The maximum atomic E-state index is 13.0. The second-order valence-corrected chi connectivity index (χ2v) is 7.25. The van der Waals surface area contributed by atoms with Gasteiger partial charge in [-0.05, 0) is 48.4 Å². The van der Waals surface area contributed by atoms with Gasteiger partial charge in [-0.3, -0.25) is 29.6 Å². The summed E-state index contributed by atoms with van der Waals surface area (Å²) >= 11 is 0. The van der Waals surface area contributed by atoms with Gasteiger partial charge in [0, 0.05) is 29.6 Å². The minimum atomic E-state index is -0.945. The average molecular weight is 429 g/mol. The number of benzene rings is 2. The molecule has 160 valence electrons. The number of nitro benzene ring substituents is 1. The molecule has 2 heterocycles. The van der Waals surface area contributed by atoms with Crippen LogP contribution in [-0.2, 0) is 16.0 Å². The van der Waals surface area contributed by atoms with E-state index in [4.69, 9.17) is 0 Å². The number of anilines is 1.